The number of hydrogen-bond acceptors (Lipinski definition) is 5. The number of carbonyl (C=O) groups is 1. The molecule has 0 amide bonds. The molecule has 1 aromatic heterocycles. The van der Waals surface area contributed by atoms with Crippen molar-refractivity contribution in [2.24, 2.45) is 0 Å². The number of carboxylic acids is 1. The zero-order chi connectivity index (χ0) is 17.7. The molecule has 0 radical (unpaired) electrons. The van der Waals surface area contributed by atoms with E-state index >= 15 is 0 Å². The normalized spacial score (nSPS) is 15.2. The smallest absolute Gasteiger partial charge is 0.352 e. The second kappa shape index (κ2) is 7.92. The van der Waals surface area contributed by atoms with Gasteiger partial charge in [0, 0.05) is 17.4 Å². The Morgan fingerprint density at radius 3 is 2.88 bits per heavy atom. The van der Waals surface area contributed by atoms with E-state index in [0.29, 0.717) is 23.2 Å². The first-order chi connectivity index (χ1) is 11.4. The van der Waals surface area contributed by atoms with Crippen LogP contribution >= 0.6 is 11.8 Å². The van der Waals surface area contributed by atoms with Crippen LogP contribution in [0.25, 0.3) is 10.9 Å². The Morgan fingerprint density at radius 2 is 2.25 bits per heavy atom. The molecule has 0 fully saturated rings. The summed E-state index contributed by atoms with van der Waals surface area (Å²) in [6.45, 7) is 4.75. The van der Waals surface area contributed by atoms with Gasteiger partial charge in [-0.3, -0.25) is 0 Å². The van der Waals surface area contributed by atoms with Crippen molar-refractivity contribution in [2.75, 3.05) is 19.4 Å². The maximum Gasteiger partial charge on any atom is 0.352 e. The highest BCUT2D eigenvalue weighted by atomic mass is 32.2. The van der Waals surface area contributed by atoms with Crippen molar-refractivity contribution in [2.45, 2.75) is 31.2 Å². The number of benzene rings is 1. The van der Waals surface area contributed by atoms with Crippen molar-refractivity contribution in [3.63, 3.8) is 0 Å². The minimum atomic E-state index is -1.02. The van der Waals surface area contributed by atoms with Gasteiger partial charge in [0.2, 0.25) is 0 Å². The quantitative estimate of drug-likeness (QED) is 0.518. The molecular weight excluding hydrogens is 328 g/mol. The van der Waals surface area contributed by atoms with Gasteiger partial charge in [0.25, 0.3) is 0 Å². The minimum Gasteiger partial charge on any atom is -0.490 e. The number of rotatable bonds is 9. The molecule has 4 N–H and O–H groups in total. The number of aliphatic hydroxyl groups is 1. The average molecular weight is 352 g/mol. The summed E-state index contributed by atoms with van der Waals surface area (Å²) in [5.74, 6) is -0.462. The number of aromatic carboxylic acids is 1. The molecule has 0 spiro atoms. The Kier molecular flexibility index (Phi) is 6.15. The second-order valence-electron chi connectivity index (χ2n) is 5.84. The molecule has 2 unspecified atom stereocenters. The molecule has 132 valence electrons. The lowest BCUT2D eigenvalue weighted by molar-refractivity contribution is 0.0691. The number of ether oxygens (including phenoxy) is 1. The first kappa shape index (κ1) is 18.6. The Hall–Kier alpha value is -1.70. The summed E-state index contributed by atoms with van der Waals surface area (Å²) in [4.78, 5) is 13.8. The number of H-pyrrole nitrogens is 1. The Labute approximate surface area is 145 Å². The molecule has 2 rings (SSSR count). The number of fused-ring (bicyclic) bond motifs is 1. The Bertz CT molecular complexity index is 697. The third-order valence-corrected chi connectivity index (χ3v) is 5.46. The van der Waals surface area contributed by atoms with Crippen molar-refractivity contribution in [3.05, 3.63) is 30.0 Å². The zero-order valence-corrected chi connectivity index (χ0v) is 14.9. The van der Waals surface area contributed by atoms with E-state index in [1.165, 1.54) is 0 Å². The molecular formula is C17H24N2O4S. The molecule has 2 atom stereocenters. The molecule has 7 heteroatoms. The first-order valence-electron chi connectivity index (χ1n) is 7.84. The summed E-state index contributed by atoms with van der Waals surface area (Å²) in [7, 11) is 0. The van der Waals surface area contributed by atoms with Crippen LogP contribution in [0.1, 0.15) is 30.8 Å². The van der Waals surface area contributed by atoms with E-state index in [0.717, 1.165) is 6.42 Å². The Balaban J connectivity index is 1.99. The van der Waals surface area contributed by atoms with E-state index in [-0.39, 0.29) is 17.2 Å². The molecule has 0 bridgehead atoms. The van der Waals surface area contributed by atoms with Gasteiger partial charge in [-0.15, -0.1) is 11.8 Å². The number of thioether (sulfide) groups is 1. The SMILES string of the molecule is CCC(C)(NCC(O)COc1cccc2[nH]c(C(=O)O)cc12)SC. The molecule has 0 aliphatic heterocycles. The number of carboxylic acid groups (broad SMARTS) is 1. The predicted molar refractivity (Wildman–Crippen MR) is 97.0 cm³/mol. The van der Waals surface area contributed by atoms with Gasteiger partial charge in [0.05, 0.1) is 4.87 Å². The standard InChI is InChI=1S/C17H24N2O4S/c1-4-17(2,24-3)18-9-11(20)10-23-15-7-5-6-13-12(15)8-14(19-13)16(21)22/h5-8,11,18-20H,4,9-10H2,1-3H3,(H,21,22). The second-order valence-corrected chi connectivity index (χ2v) is 7.15. The first-order valence-corrected chi connectivity index (χ1v) is 9.07. The fourth-order valence-corrected chi connectivity index (χ4v) is 2.80. The van der Waals surface area contributed by atoms with Crippen molar-refractivity contribution < 1.29 is 19.7 Å². The number of nitrogens with one attached hydrogen (secondary N) is 2. The minimum absolute atomic E-state index is 0.0714. The van der Waals surface area contributed by atoms with Gasteiger partial charge in [-0.05, 0) is 37.8 Å². The molecule has 0 saturated carbocycles. The van der Waals surface area contributed by atoms with Crippen LogP contribution in [-0.4, -0.2) is 51.5 Å². The molecule has 1 heterocycles. The predicted octanol–water partition coefficient (Wildman–Crippen LogP) is 2.68. The maximum atomic E-state index is 11.1. The highest BCUT2D eigenvalue weighted by molar-refractivity contribution is 7.99. The van der Waals surface area contributed by atoms with Crippen LogP contribution in [0, 0.1) is 0 Å². The molecule has 2 aromatic rings. The largest absolute Gasteiger partial charge is 0.490 e. The van der Waals surface area contributed by atoms with Gasteiger partial charge in [0.1, 0.15) is 24.2 Å². The van der Waals surface area contributed by atoms with Crippen LogP contribution in [0.15, 0.2) is 24.3 Å². The number of aromatic amines is 1. The third-order valence-electron chi connectivity index (χ3n) is 4.12. The van der Waals surface area contributed by atoms with Gasteiger partial charge in [-0.25, -0.2) is 4.79 Å². The fraction of sp³-hybridized carbons (Fsp3) is 0.471. The molecule has 6 nitrogen and oxygen atoms in total. The third kappa shape index (κ3) is 4.43. The highest BCUT2D eigenvalue weighted by Crippen LogP contribution is 2.27. The summed E-state index contributed by atoms with van der Waals surface area (Å²) in [6, 6.07) is 6.88. The van der Waals surface area contributed by atoms with Crippen LogP contribution in [0.3, 0.4) is 0 Å². The van der Waals surface area contributed by atoms with Gasteiger partial charge >= 0.3 is 5.97 Å². The molecule has 0 saturated heterocycles. The maximum absolute atomic E-state index is 11.1. The summed E-state index contributed by atoms with van der Waals surface area (Å²) < 4.78 is 5.70. The van der Waals surface area contributed by atoms with Crippen LogP contribution in [0.5, 0.6) is 5.75 Å². The van der Waals surface area contributed by atoms with Crippen LogP contribution in [-0.2, 0) is 0 Å². The molecule has 1 aromatic carbocycles. The van der Waals surface area contributed by atoms with Gasteiger partial charge in [-0.2, -0.15) is 0 Å². The summed E-state index contributed by atoms with van der Waals surface area (Å²) in [6.07, 6.45) is 2.32. The van der Waals surface area contributed by atoms with E-state index in [4.69, 9.17) is 9.84 Å². The highest BCUT2D eigenvalue weighted by Gasteiger charge is 2.21. The van der Waals surface area contributed by atoms with E-state index in [1.54, 1.807) is 36.0 Å². The van der Waals surface area contributed by atoms with Crippen LogP contribution in [0.2, 0.25) is 0 Å². The van der Waals surface area contributed by atoms with Crippen molar-refractivity contribution in [1.82, 2.24) is 10.3 Å². The van der Waals surface area contributed by atoms with Gasteiger partial charge < -0.3 is 25.3 Å². The molecule has 0 aliphatic rings. The average Bonchev–Trinajstić information content (AvgIpc) is 3.03. The topological polar surface area (TPSA) is 94.6 Å². The van der Waals surface area contributed by atoms with Gasteiger partial charge in [0.15, 0.2) is 0 Å². The monoisotopic (exact) mass is 352 g/mol. The van der Waals surface area contributed by atoms with Gasteiger partial charge in [-0.1, -0.05) is 13.0 Å². The van der Waals surface area contributed by atoms with E-state index in [9.17, 15) is 9.90 Å². The molecule has 0 aliphatic carbocycles. The lowest BCUT2D eigenvalue weighted by Gasteiger charge is -2.28. The molecule has 24 heavy (non-hydrogen) atoms. The van der Waals surface area contributed by atoms with Crippen molar-refractivity contribution in [1.29, 1.82) is 0 Å². The lowest BCUT2D eigenvalue weighted by atomic mass is 10.2. The summed E-state index contributed by atoms with van der Waals surface area (Å²) in [5, 5.41) is 23.2. The lowest BCUT2D eigenvalue weighted by Crippen LogP contribution is -2.44. The number of hydrogen-bond donors (Lipinski definition) is 4. The van der Waals surface area contributed by atoms with E-state index < -0.39 is 12.1 Å². The van der Waals surface area contributed by atoms with E-state index in [2.05, 4.69) is 24.1 Å². The van der Waals surface area contributed by atoms with Crippen molar-refractivity contribution >= 4 is 28.6 Å². The number of aliphatic hydroxyl groups excluding tert-OH is 1. The summed E-state index contributed by atoms with van der Waals surface area (Å²) >= 11 is 1.71. The summed E-state index contributed by atoms with van der Waals surface area (Å²) in [5.41, 5.74) is 0.806. The fourth-order valence-electron chi connectivity index (χ4n) is 2.29. The van der Waals surface area contributed by atoms with Crippen molar-refractivity contribution in [3.8, 4) is 5.75 Å². The van der Waals surface area contributed by atoms with E-state index in [1.807, 2.05) is 6.26 Å². The number of aromatic nitrogens is 1. The van der Waals surface area contributed by atoms with Crippen LogP contribution < -0.4 is 10.1 Å². The van der Waals surface area contributed by atoms with Crippen LogP contribution in [0.4, 0.5) is 0 Å². The zero-order valence-electron chi connectivity index (χ0n) is 14.1. The Morgan fingerprint density at radius 1 is 1.50 bits per heavy atom.